The van der Waals surface area contributed by atoms with E-state index in [9.17, 15) is 18.0 Å². The maximum atomic E-state index is 12.9. The Bertz CT molecular complexity index is 1200. The quantitative estimate of drug-likeness (QED) is 0.457. The number of hydrogen-bond donors (Lipinski definition) is 3. The van der Waals surface area contributed by atoms with Crippen LogP contribution in [0.25, 0.3) is 0 Å². The van der Waals surface area contributed by atoms with Crippen molar-refractivity contribution in [3.05, 3.63) is 69.9 Å². The van der Waals surface area contributed by atoms with E-state index in [1.807, 2.05) is 0 Å². The van der Waals surface area contributed by atoms with E-state index in [4.69, 9.17) is 16.3 Å². The molecule has 0 bridgehead atoms. The van der Waals surface area contributed by atoms with Crippen molar-refractivity contribution in [1.29, 1.82) is 0 Å². The Hall–Kier alpha value is -3.08. The molecule has 0 spiro atoms. The molecule has 8 nitrogen and oxygen atoms in total. The third kappa shape index (κ3) is 5.75. The normalized spacial score (nSPS) is 10.9. The summed E-state index contributed by atoms with van der Waals surface area (Å²) in [5, 5.41) is 7.05. The minimum absolute atomic E-state index is 0.0866. The summed E-state index contributed by atoms with van der Waals surface area (Å²) in [5.41, 5.74) is 0.424. The van der Waals surface area contributed by atoms with Crippen molar-refractivity contribution in [1.82, 2.24) is 5.32 Å². The number of halogens is 1. The van der Waals surface area contributed by atoms with E-state index in [0.717, 1.165) is 0 Å². The van der Waals surface area contributed by atoms with Gasteiger partial charge in [-0.2, -0.15) is 0 Å². The number of hydrogen-bond acceptors (Lipinski definition) is 6. The monoisotopic (exact) mass is 479 g/mol. The van der Waals surface area contributed by atoms with Crippen LogP contribution in [-0.2, 0) is 14.8 Å². The number of sulfonamides is 1. The van der Waals surface area contributed by atoms with Gasteiger partial charge in [0.25, 0.3) is 15.9 Å². The van der Waals surface area contributed by atoms with Gasteiger partial charge in [0, 0.05) is 5.69 Å². The number of methoxy groups -OCH3 is 1. The number of carbonyl (C=O) groups excluding carboxylic acids is 2. The first-order valence-corrected chi connectivity index (χ1v) is 11.6. The fraction of sp³-hybridized carbons (Fsp3) is 0.100. The highest BCUT2D eigenvalue weighted by atomic mass is 35.5. The molecule has 31 heavy (non-hydrogen) atoms. The second-order valence-electron chi connectivity index (χ2n) is 6.16. The molecule has 3 N–H and O–H groups in total. The Morgan fingerprint density at radius 3 is 2.55 bits per heavy atom. The predicted octanol–water partition coefficient (Wildman–Crippen LogP) is 3.58. The van der Waals surface area contributed by atoms with Crippen molar-refractivity contribution < 1.29 is 22.7 Å². The van der Waals surface area contributed by atoms with Crippen molar-refractivity contribution >= 4 is 56.2 Å². The zero-order valence-electron chi connectivity index (χ0n) is 16.2. The van der Waals surface area contributed by atoms with Crippen LogP contribution in [0.15, 0.2) is 64.9 Å². The predicted molar refractivity (Wildman–Crippen MR) is 121 cm³/mol. The molecular weight excluding hydrogens is 462 g/mol. The molecule has 3 rings (SSSR count). The highest BCUT2D eigenvalue weighted by Crippen LogP contribution is 2.30. The first-order chi connectivity index (χ1) is 14.8. The number of carbonyl (C=O) groups is 2. The molecule has 0 saturated carbocycles. The molecule has 0 unspecified atom stereocenters. The molecule has 2 amide bonds. The number of thiophene rings is 1. The van der Waals surface area contributed by atoms with Gasteiger partial charge >= 0.3 is 0 Å². The topological polar surface area (TPSA) is 114 Å². The number of nitrogens with one attached hydrogen (secondary N) is 3. The van der Waals surface area contributed by atoms with Gasteiger partial charge in [0.05, 0.1) is 29.2 Å². The summed E-state index contributed by atoms with van der Waals surface area (Å²) in [6.45, 7) is -0.275. The second-order valence-corrected chi connectivity index (χ2v) is 9.16. The van der Waals surface area contributed by atoms with Crippen LogP contribution < -0.4 is 20.1 Å². The number of amides is 2. The lowest BCUT2D eigenvalue weighted by atomic mass is 10.3. The molecule has 0 atom stereocenters. The van der Waals surface area contributed by atoms with Crippen molar-refractivity contribution in [3.8, 4) is 5.75 Å². The molecule has 0 fully saturated rings. The van der Waals surface area contributed by atoms with E-state index in [-0.39, 0.29) is 39.5 Å². The first kappa shape index (κ1) is 22.6. The van der Waals surface area contributed by atoms with Crippen LogP contribution in [0.2, 0.25) is 5.02 Å². The summed E-state index contributed by atoms with van der Waals surface area (Å²) in [5.74, 6) is -0.798. The van der Waals surface area contributed by atoms with Gasteiger partial charge in [0.2, 0.25) is 5.91 Å². The zero-order chi connectivity index (χ0) is 22.4. The summed E-state index contributed by atoms with van der Waals surface area (Å²) < 4.78 is 33.4. The lowest BCUT2D eigenvalue weighted by Gasteiger charge is -2.14. The van der Waals surface area contributed by atoms with Crippen molar-refractivity contribution in [2.75, 3.05) is 23.7 Å². The number of para-hydroxylation sites is 1. The standard InChI is InChI=1S/C20H18ClN3O5S2/c1-29-16-9-8-13(23-19(25)12-22-20(26)17-7-4-10-30-17)11-18(16)31(27,28)24-15-6-3-2-5-14(15)21/h2-11,24H,12H2,1H3,(H,22,26)(H,23,25). The van der Waals surface area contributed by atoms with Crippen LogP contribution in [-0.4, -0.2) is 33.9 Å². The van der Waals surface area contributed by atoms with Gasteiger partial charge < -0.3 is 15.4 Å². The van der Waals surface area contributed by atoms with Crippen LogP contribution in [0, 0.1) is 0 Å². The van der Waals surface area contributed by atoms with Crippen LogP contribution in [0.3, 0.4) is 0 Å². The smallest absolute Gasteiger partial charge is 0.265 e. The van der Waals surface area contributed by atoms with Gasteiger partial charge in [-0.05, 0) is 41.8 Å². The molecule has 0 aliphatic rings. The van der Waals surface area contributed by atoms with E-state index in [1.54, 1.807) is 35.7 Å². The van der Waals surface area contributed by atoms with Crippen LogP contribution in [0.1, 0.15) is 9.67 Å². The van der Waals surface area contributed by atoms with E-state index in [1.165, 1.54) is 42.7 Å². The number of rotatable bonds is 8. The minimum atomic E-state index is -4.07. The lowest BCUT2D eigenvalue weighted by molar-refractivity contribution is -0.115. The average molecular weight is 480 g/mol. The van der Waals surface area contributed by atoms with Crippen LogP contribution in [0.5, 0.6) is 5.75 Å². The highest BCUT2D eigenvalue weighted by Gasteiger charge is 2.22. The highest BCUT2D eigenvalue weighted by molar-refractivity contribution is 7.92. The Kier molecular flexibility index (Phi) is 7.16. The average Bonchev–Trinajstić information content (AvgIpc) is 3.28. The van der Waals surface area contributed by atoms with E-state index >= 15 is 0 Å². The third-order valence-corrected chi connectivity index (χ3v) is 6.59. The lowest BCUT2D eigenvalue weighted by Crippen LogP contribution is -2.32. The summed E-state index contributed by atoms with van der Waals surface area (Å²) in [4.78, 5) is 24.4. The summed E-state index contributed by atoms with van der Waals surface area (Å²) in [7, 11) is -2.74. The van der Waals surface area contributed by atoms with Gasteiger partial charge in [-0.15, -0.1) is 11.3 Å². The molecule has 0 aliphatic carbocycles. The Morgan fingerprint density at radius 1 is 1.10 bits per heavy atom. The Labute approximate surface area is 188 Å². The summed E-state index contributed by atoms with van der Waals surface area (Å²) >= 11 is 7.30. The van der Waals surface area contributed by atoms with Gasteiger partial charge in [-0.1, -0.05) is 29.8 Å². The molecular formula is C20H18ClN3O5S2. The molecule has 3 aromatic rings. The summed E-state index contributed by atoms with van der Waals surface area (Å²) in [6, 6.07) is 13.9. The molecule has 2 aromatic carbocycles. The third-order valence-electron chi connectivity index (χ3n) is 4.01. The molecule has 0 radical (unpaired) electrons. The van der Waals surface area contributed by atoms with Crippen LogP contribution in [0.4, 0.5) is 11.4 Å². The number of ether oxygens (including phenoxy) is 1. The van der Waals surface area contributed by atoms with E-state index in [0.29, 0.717) is 4.88 Å². The van der Waals surface area contributed by atoms with E-state index < -0.39 is 15.9 Å². The van der Waals surface area contributed by atoms with Gasteiger partial charge in [-0.3, -0.25) is 14.3 Å². The molecule has 162 valence electrons. The van der Waals surface area contributed by atoms with Gasteiger partial charge in [0.15, 0.2) is 0 Å². The molecule has 11 heteroatoms. The molecule has 1 aromatic heterocycles. The summed E-state index contributed by atoms with van der Waals surface area (Å²) in [6.07, 6.45) is 0. The SMILES string of the molecule is COc1ccc(NC(=O)CNC(=O)c2cccs2)cc1S(=O)(=O)Nc1ccccc1Cl. The molecule has 0 aliphatic heterocycles. The molecule has 1 heterocycles. The number of anilines is 2. The van der Waals surface area contributed by atoms with Gasteiger partial charge in [0.1, 0.15) is 10.6 Å². The zero-order valence-corrected chi connectivity index (χ0v) is 18.6. The van der Waals surface area contributed by atoms with Gasteiger partial charge in [-0.25, -0.2) is 8.42 Å². The fourth-order valence-electron chi connectivity index (χ4n) is 2.57. The fourth-order valence-corrected chi connectivity index (χ4v) is 4.72. The maximum absolute atomic E-state index is 12.9. The second kappa shape index (κ2) is 9.82. The van der Waals surface area contributed by atoms with Crippen molar-refractivity contribution in [2.45, 2.75) is 4.90 Å². The van der Waals surface area contributed by atoms with Crippen molar-refractivity contribution in [3.63, 3.8) is 0 Å². The Morgan fingerprint density at radius 2 is 1.87 bits per heavy atom. The first-order valence-electron chi connectivity index (χ1n) is 8.87. The van der Waals surface area contributed by atoms with E-state index in [2.05, 4.69) is 15.4 Å². The van der Waals surface area contributed by atoms with Crippen LogP contribution >= 0.6 is 22.9 Å². The maximum Gasteiger partial charge on any atom is 0.265 e. The Balaban J connectivity index is 1.74. The minimum Gasteiger partial charge on any atom is -0.495 e. The van der Waals surface area contributed by atoms with Crippen molar-refractivity contribution in [2.24, 2.45) is 0 Å². The largest absolute Gasteiger partial charge is 0.495 e. The molecule has 0 saturated heterocycles. The number of benzene rings is 2.